The monoisotopic (exact) mass is 522 g/mol. The van der Waals surface area contributed by atoms with Gasteiger partial charge in [-0.05, 0) is 61.7 Å². The van der Waals surface area contributed by atoms with E-state index in [1.807, 2.05) is 38.1 Å². The van der Waals surface area contributed by atoms with Gasteiger partial charge in [0.2, 0.25) is 0 Å². The van der Waals surface area contributed by atoms with Gasteiger partial charge in [-0.15, -0.1) is 0 Å². The molecule has 0 atom stereocenters. The fourth-order valence-corrected chi connectivity index (χ4v) is 3.59. The molecule has 0 heterocycles. The van der Waals surface area contributed by atoms with Gasteiger partial charge in [0.1, 0.15) is 0 Å². The zero-order chi connectivity index (χ0) is 26.8. The molecule has 0 spiro atoms. The molecule has 3 N–H and O–H groups in total. The molecule has 192 valence electrons. The number of carbonyl (C=O) groups excluding carboxylic acids is 3. The average molecular weight is 523 g/mol. The highest BCUT2D eigenvalue weighted by Crippen LogP contribution is 2.36. The summed E-state index contributed by atoms with van der Waals surface area (Å²) in [6.45, 7) is 5.49. The van der Waals surface area contributed by atoms with Gasteiger partial charge in [0.15, 0.2) is 18.1 Å². The van der Waals surface area contributed by atoms with Crippen LogP contribution in [0.15, 0.2) is 65.8 Å². The van der Waals surface area contributed by atoms with Gasteiger partial charge in [0.05, 0.1) is 17.8 Å². The van der Waals surface area contributed by atoms with E-state index in [0.717, 1.165) is 11.1 Å². The Kier molecular flexibility index (Phi) is 9.62. The van der Waals surface area contributed by atoms with Crippen LogP contribution in [0.2, 0.25) is 5.02 Å². The third-order valence-electron chi connectivity index (χ3n) is 5.04. The van der Waals surface area contributed by atoms with Crippen molar-refractivity contribution in [1.29, 1.82) is 0 Å². The highest BCUT2D eigenvalue weighted by Gasteiger charge is 2.16. The van der Waals surface area contributed by atoms with Crippen LogP contribution in [-0.4, -0.2) is 37.1 Å². The van der Waals surface area contributed by atoms with Gasteiger partial charge in [-0.2, -0.15) is 5.10 Å². The van der Waals surface area contributed by atoms with Crippen LogP contribution in [0.25, 0.3) is 0 Å². The van der Waals surface area contributed by atoms with E-state index in [1.165, 1.54) is 12.3 Å². The van der Waals surface area contributed by atoms with E-state index < -0.39 is 11.8 Å². The smallest absolute Gasteiger partial charge is 0.329 e. The zero-order valence-corrected chi connectivity index (χ0v) is 21.4. The van der Waals surface area contributed by atoms with E-state index in [2.05, 4.69) is 21.2 Å². The van der Waals surface area contributed by atoms with Crippen molar-refractivity contribution in [2.24, 2.45) is 5.10 Å². The average Bonchev–Trinajstić information content (AvgIpc) is 2.86. The number of aryl methyl sites for hydroxylation is 2. The van der Waals surface area contributed by atoms with Gasteiger partial charge in [-0.25, -0.2) is 5.43 Å². The van der Waals surface area contributed by atoms with Gasteiger partial charge in [0.25, 0.3) is 5.91 Å². The molecule has 0 saturated heterocycles. The highest BCUT2D eigenvalue weighted by atomic mass is 35.5. The summed E-state index contributed by atoms with van der Waals surface area (Å²) in [5, 5.41) is 9.33. The molecule has 0 aliphatic carbocycles. The predicted octanol–water partition coefficient (Wildman–Crippen LogP) is 4.46. The van der Waals surface area contributed by atoms with Crippen molar-refractivity contribution in [3.63, 3.8) is 0 Å². The Morgan fingerprint density at radius 1 is 0.919 bits per heavy atom. The molecule has 0 aliphatic heterocycles. The summed E-state index contributed by atoms with van der Waals surface area (Å²) < 4.78 is 11.2. The minimum Gasteiger partial charge on any atom is -0.490 e. The van der Waals surface area contributed by atoms with Crippen LogP contribution in [0.4, 0.5) is 11.4 Å². The number of nitrogens with zero attached hydrogens (tertiary/aromatic N) is 1. The fraction of sp³-hybridized carbons (Fsp3) is 0.185. The van der Waals surface area contributed by atoms with Crippen LogP contribution in [-0.2, 0) is 14.4 Å². The van der Waals surface area contributed by atoms with Crippen molar-refractivity contribution >= 4 is 46.9 Å². The topological polar surface area (TPSA) is 118 Å². The maximum Gasteiger partial charge on any atom is 0.329 e. The Labute approximate surface area is 219 Å². The number of rotatable bonds is 9. The first-order valence-electron chi connectivity index (χ1n) is 11.4. The maximum atomic E-state index is 12.3. The maximum absolute atomic E-state index is 12.3. The molecule has 10 heteroatoms. The first kappa shape index (κ1) is 27.2. The molecule has 0 bridgehead atoms. The predicted molar refractivity (Wildman–Crippen MR) is 143 cm³/mol. The summed E-state index contributed by atoms with van der Waals surface area (Å²) in [6.07, 6.45) is 1.31. The van der Waals surface area contributed by atoms with Crippen molar-refractivity contribution in [3.8, 4) is 11.5 Å². The molecule has 0 saturated carbocycles. The third kappa shape index (κ3) is 7.81. The van der Waals surface area contributed by atoms with Crippen molar-refractivity contribution in [1.82, 2.24) is 5.43 Å². The summed E-state index contributed by atoms with van der Waals surface area (Å²) in [4.78, 5) is 36.7. The van der Waals surface area contributed by atoms with Crippen molar-refractivity contribution in [2.45, 2.75) is 20.8 Å². The Morgan fingerprint density at radius 2 is 1.62 bits per heavy atom. The summed E-state index contributed by atoms with van der Waals surface area (Å²) in [7, 11) is 0. The number of para-hydroxylation sites is 2. The lowest BCUT2D eigenvalue weighted by Crippen LogP contribution is -2.32. The quantitative estimate of drug-likeness (QED) is 0.218. The van der Waals surface area contributed by atoms with Crippen LogP contribution in [0, 0.1) is 13.8 Å². The van der Waals surface area contributed by atoms with E-state index in [0.29, 0.717) is 29.3 Å². The van der Waals surface area contributed by atoms with E-state index >= 15 is 0 Å². The van der Waals surface area contributed by atoms with E-state index in [1.54, 1.807) is 37.3 Å². The van der Waals surface area contributed by atoms with E-state index in [4.69, 9.17) is 21.1 Å². The van der Waals surface area contributed by atoms with Gasteiger partial charge >= 0.3 is 11.8 Å². The molecule has 3 rings (SSSR count). The van der Waals surface area contributed by atoms with Crippen molar-refractivity contribution < 1.29 is 23.9 Å². The van der Waals surface area contributed by atoms with Crippen LogP contribution in [0.3, 0.4) is 0 Å². The number of ether oxygens (including phenoxy) is 2. The lowest BCUT2D eigenvalue weighted by atomic mass is 10.1. The number of amides is 3. The molecule has 3 amide bonds. The normalized spacial score (nSPS) is 10.6. The largest absolute Gasteiger partial charge is 0.490 e. The molecular formula is C27H27ClN4O5. The number of anilines is 2. The molecule has 0 aliphatic rings. The second-order valence-electron chi connectivity index (χ2n) is 7.89. The van der Waals surface area contributed by atoms with Crippen LogP contribution < -0.4 is 25.5 Å². The van der Waals surface area contributed by atoms with Crippen molar-refractivity contribution in [2.75, 3.05) is 23.8 Å². The summed E-state index contributed by atoms with van der Waals surface area (Å²) in [6, 6.07) is 17.6. The number of nitrogens with one attached hydrogen (secondary N) is 3. The molecule has 0 aromatic heterocycles. The molecule has 0 fully saturated rings. The van der Waals surface area contributed by atoms with Crippen LogP contribution >= 0.6 is 11.6 Å². The van der Waals surface area contributed by atoms with Gasteiger partial charge < -0.3 is 20.1 Å². The van der Waals surface area contributed by atoms with Crippen LogP contribution in [0.1, 0.15) is 23.6 Å². The second kappa shape index (κ2) is 13.1. The molecular weight excluding hydrogens is 496 g/mol. The minimum atomic E-state index is -0.931. The second-order valence-corrected chi connectivity index (χ2v) is 8.29. The first-order chi connectivity index (χ1) is 17.8. The Bertz CT molecular complexity index is 1290. The summed E-state index contributed by atoms with van der Waals surface area (Å²) in [5.74, 6) is -1.65. The number of hydrazone groups is 1. The van der Waals surface area contributed by atoms with Gasteiger partial charge in [-0.3, -0.25) is 14.4 Å². The number of hydrogen-bond acceptors (Lipinski definition) is 6. The fourth-order valence-electron chi connectivity index (χ4n) is 3.32. The molecule has 3 aromatic carbocycles. The minimum absolute atomic E-state index is 0.180. The summed E-state index contributed by atoms with van der Waals surface area (Å²) in [5.41, 5.74) is 5.56. The lowest BCUT2D eigenvalue weighted by molar-refractivity contribution is -0.136. The Hall–Kier alpha value is -4.37. The lowest BCUT2D eigenvalue weighted by Gasteiger charge is -2.14. The number of carbonyl (C=O) groups is 3. The number of halogens is 1. The molecule has 37 heavy (non-hydrogen) atoms. The standard InChI is InChI=1S/C27H27ClN4O5/c1-4-36-22-14-19(13-21(28)25(22)37-16-23(33)30-20-11-6-5-7-12-20)15-29-32-27(35)26(34)31-24-17(2)9-8-10-18(24)3/h5-15H,4,16H2,1-3H3,(H,30,33)(H,31,34)(H,32,35)/b29-15-. The van der Waals surface area contributed by atoms with Gasteiger partial charge in [0, 0.05) is 11.4 Å². The molecule has 0 radical (unpaired) electrons. The number of hydrogen-bond donors (Lipinski definition) is 3. The van der Waals surface area contributed by atoms with E-state index in [9.17, 15) is 14.4 Å². The molecule has 9 nitrogen and oxygen atoms in total. The number of benzene rings is 3. The Morgan fingerprint density at radius 3 is 2.30 bits per heavy atom. The molecule has 0 unspecified atom stereocenters. The van der Waals surface area contributed by atoms with Gasteiger partial charge in [-0.1, -0.05) is 48.0 Å². The Balaban J connectivity index is 1.63. The third-order valence-corrected chi connectivity index (χ3v) is 5.32. The highest BCUT2D eigenvalue weighted by molar-refractivity contribution is 6.39. The SMILES string of the molecule is CCOc1cc(/C=N\NC(=O)C(=O)Nc2c(C)cccc2C)cc(Cl)c1OCC(=O)Nc1ccccc1. The first-order valence-corrected chi connectivity index (χ1v) is 11.8. The molecule has 3 aromatic rings. The van der Waals surface area contributed by atoms with E-state index in [-0.39, 0.29) is 23.3 Å². The zero-order valence-electron chi connectivity index (χ0n) is 20.6. The summed E-state index contributed by atoms with van der Waals surface area (Å²) >= 11 is 6.38. The van der Waals surface area contributed by atoms with Crippen molar-refractivity contribution in [3.05, 3.63) is 82.4 Å². The van der Waals surface area contributed by atoms with Crippen LogP contribution in [0.5, 0.6) is 11.5 Å².